The van der Waals surface area contributed by atoms with Gasteiger partial charge in [-0.3, -0.25) is 0 Å². The van der Waals surface area contributed by atoms with Gasteiger partial charge in [0, 0.05) is 50.7 Å². The fourth-order valence-corrected chi connectivity index (χ4v) is 14.4. The van der Waals surface area contributed by atoms with Crippen LogP contribution in [0, 0.1) is 12.3 Å². The van der Waals surface area contributed by atoms with E-state index in [1.165, 1.54) is 130 Å². The summed E-state index contributed by atoms with van der Waals surface area (Å²) in [7, 11) is 0. The molecule has 13 rings (SSSR count). The minimum atomic E-state index is -0.0521. The summed E-state index contributed by atoms with van der Waals surface area (Å²) in [5.74, 6) is 0. The average Bonchev–Trinajstić information content (AvgIpc) is 3.92. The van der Waals surface area contributed by atoms with Crippen LogP contribution < -0.4 is 31.1 Å². The molecule has 0 radical (unpaired) electrons. The summed E-state index contributed by atoms with van der Waals surface area (Å²) in [4.78, 5) is 8.12. The number of aryl methyl sites for hydroxylation is 1. The summed E-state index contributed by atoms with van der Waals surface area (Å²) in [5, 5.41) is 0. The molecule has 0 saturated heterocycles. The van der Waals surface area contributed by atoms with Crippen molar-refractivity contribution in [1.29, 1.82) is 0 Å². The standard InChI is InChI=1S/C69H70BN3/c1-44-35-62-64-63(36-44)72(58-31-28-50(66(5,6)7)40-53(58)46-23-16-13-17-24-46)61-38-48-43-67(8,9)42-47(48)37-55(61)70(64)56-41-51(73-59-26-19-18-25-54(59)68(10)33-20-34-69(68,73)11)29-32-60(56)71(62)57-30-27-49(65(2,3)4)39-52(57)45-21-14-12-15-22-45/h12-19,21-32,35-41H,20,33-34,42-43H2,1-11H3. The van der Waals surface area contributed by atoms with Crippen molar-refractivity contribution in [3.05, 3.63) is 197 Å². The van der Waals surface area contributed by atoms with Gasteiger partial charge >= 0.3 is 0 Å². The Labute approximate surface area is 436 Å². The zero-order valence-electron chi connectivity index (χ0n) is 45.0. The Morgan fingerprint density at radius 2 is 0.986 bits per heavy atom. The van der Waals surface area contributed by atoms with E-state index in [-0.39, 0.29) is 33.9 Å². The van der Waals surface area contributed by atoms with Gasteiger partial charge in [-0.1, -0.05) is 166 Å². The van der Waals surface area contributed by atoms with Crippen LogP contribution in [0.15, 0.2) is 164 Å². The monoisotopic (exact) mass is 952 g/mol. The van der Waals surface area contributed by atoms with E-state index < -0.39 is 0 Å². The number of hydrogen-bond donors (Lipinski definition) is 0. The van der Waals surface area contributed by atoms with E-state index >= 15 is 0 Å². The highest BCUT2D eigenvalue weighted by Crippen LogP contribution is 2.62. The van der Waals surface area contributed by atoms with E-state index in [2.05, 4.69) is 255 Å². The van der Waals surface area contributed by atoms with Gasteiger partial charge < -0.3 is 14.7 Å². The lowest BCUT2D eigenvalue weighted by molar-refractivity contribution is 0.330. The first kappa shape index (κ1) is 46.0. The average molecular weight is 952 g/mol. The normalized spacial score (nSPS) is 20.1. The molecule has 1 saturated carbocycles. The Morgan fingerprint density at radius 3 is 1.58 bits per heavy atom. The van der Waals surface area contributed by atoms with Crippen LogP contribution in [-0.2, 0) is 29.1 Å². The third kappa shape index (κ3) is 6.91. The quantitative estimate of drug-likeness (QED) is 0.159. The highest BCUT2D eigenvalue weighted by molar-refractivity contribution is 7.00. The molecule has 3 heterocycles. The minimum absolute atomic E-state index is 0.0132. The van der Waals surface area contributed by atoms with Crippen molar-refractivity contribution in [1.82, 2.24) is 0 Å². The predicted octanol–water partition coefficient (Wildman–Crippen LogP) is 16.5. The summed E-state index contributed by atoms with van der Waals surface area (Å²) in [6, 6.07) is 64.1. The summed E-state index contributed by atoms with van der Waals surface area (Å²) < 4.78 is 0. The molecular weight excluding hydrogens is 882 g/mol. The van der Waals surface area contributed by atoms with Gasteiger partial charge in [0.25, 0.3) is 6.71 Å². The van der Waals surface area contributed by atoms with Gasteiger partial charge in [-0.05, 0) is 183 Å². The second-order valence-corrected chi connectivity index (χ2v) is 25.8. The fraction of sp³-hybridized carbons (Fsp3) is 0.304. The largest absolute Gasteiger partial charge is 0.334 e. The molecule has 8 aromatic carbocycles. The lowest BCUT2D eigenvalue weighted by Gasteiger charge is -2.46. The van der Waals surface area contributed by atoms with Crippen LogP contribution >= 0.6 is 0 Å². The first-order chi connectivity index (χ1) is 34.8. The van der Waals surface area contributed by atoms with Crippen molar-refractivity contribution >= 4 is 68.6 Å². The van der Waals surface area contributed by atoms with E-state index in [0.717, 1.165) is 19.3 Å². The van der Waals surface area contributed by atoms with Crippen molar-refractivity contribution in [2.24, 2.45) is 5.41 Å². The Balaban J connectivity index is 1.14. The van der Waals surface area contributed by atoms with Crippen LogP contribution in [-0.4, -0.2) is 12.3 Å². The third-order valence-electron chi connectivity index (χ3n) is 18.2. The molecule has 0 bridgehead atoms. The summed E-state index contributed by atoms with van der Waals surface area (Å²) in [6.45, 7) is 26.3. The molecule has 0 spiro atoms. The Hall–Kier alpha value is -6.78. The number of rotatable bonds is 5. The van der Waals surface area contributed by atoms with E-state index in [0.29, 0.717) is 0 Å². The highest BCUT2D eigenvalue weighted by Gasteiger charge is 2.59. The maximum atomic E-state index is 2.77. The van der Waals surface area contributed by atoms with Crippen LogP contribution in [0.2, 0.25) is 0 Å². The summed E-state index contributed by atoms with van der Waals surface area (Å²) in [5.41, 5.74) is 27.8. The van der Waals surface area contributed by atoms with Crippen LogP contribution in [0.5, 0.6) is 0 Å². The zero-order valence-corrected chi connectivity index (χ0v) is 45.0. The molecular formula is C69H70BN3. The second-order valence-electron chi connectivity index (χ2n) is 25.8. The fourth-order valence-electron chi connectivity index (χ4n) is 14.4. The third-order valence-corrected chi connectivity index (χ3v) is 18.2. The van der Waals surface area contributed by atoms with Crippen molar-refractivity contribution in [2.45, 2.75) is 130 Å². The predicted molar refractivity (Wildman–Crippen MR) is 313 cm³/mol. The summed E-state index contributed by atoms with van der Waals surface area (Å²) in [6.07, 6.45) is 5.74. The number of anilines is 8. The van der Waals surface area contributed by atoms with Crippen molar-refractivity contribution in [3.63, 3.8) is 0 Å². The van der Waals surface area contributed by atoms with Crippen molar-refractivity contribution < 1.29 is 0 Å². The molecule has 2 unspecified atom stereocenters. The number of hydrogen-bond acceptors (Lipinski definition) is 3. The Morgan fingerprint density at radius 1 is 0.466 bits per heavy atom. The number of benzene rings is 8. The zero-order chi connectivity index (χ0) is 50.6. The van der Waals surface area contributed by atoms with Crippen LogP contribution in [0.25, 0.3) is 22.3 Å². The van der Waals surface area contributed by atoms with Crippen LogP contribution in [0.4, 0.5) is 45.5 Å². The number of para-hydroxylation sites is 1. The first-order valence-electron chi connectivity index (χ1n) is 27.2. The van der Waals surface area contributed by atoms with Gasteiger partial charge in [0.1, 0.15) is 0 Å². The molecule has 2 atom stereocenters. The second kappa shape index (κ2) is 15.9. The molecule has 364 valence electrons. The first-order valence-corrected chi connectivity index (χ1v) is 27.2. The van der Waals surface area contributed by atoms with E-state index in [1.807, 2.05) is 0 Å². The van der Waals surface area contributed by atoms with Crippen LogP contribution in [0.3, 0.4) is 0 Å². The molecule has 3 aliphatic heterocycles. The topological polar surface area (TPSA) is 9.72 Å². The van der Waals surface area contributed by atoms with Gasteiger partial charge in [0.2, 0.25) is 0 Å². The minimum Gasteiger partial charge on any atom is -0.334 e. The lowest BCUT2D eigenvalue weighted by Crippen LogP contribution is -2.61. The molecule has 3 nitrogen and oxygen atoms in total. The molecule has 0 N–H and O–H groups in total. The molecule has 1 fully saturated rings. The summed E-state index contributed by atoms with van der Waals surface area (Å²) >= 11 is 0. The van der Waals surface area contributed by atoms with Gasteiger partial charge in [-0.2, -0.15) is 0 Å². The SMILES string of the molecule is Cc1cc2c3c(c1)N(c1ccc(C(C)(C)C)cc1-c1ccccc1)c1cc4c(cc1B3c1cc(N3c5ccccc5C5(C)CCCC35C)ccc1N2c1ccc(C(C)(C)C)cc1-c1ccccc1)CC(C)(C)C4. The smallest absolute Gasteiger partial charge is 0.252 e. The lowest BCUT2D eigenvalue weighted by atomic mass is 9.33. The van der Waals surface area contributed by atoms with Gasteiger partial charge in [-0.25, -0.2) is 0 Å². The molecule has 5 aliphatic rings. The van der Waals surface area contributed by atoms with Gasteiger partial charge in [-0.15, -0.1) is 0 Å². The van der Waals surface area contributed by atoms with E-state index in [1.54, 1.807) is 0 Å². The van der Waals surface area contributed by atoms with E-state index in [9.17, 15) is 0 Å². The van der Waals surface area contributed by atoms with Crippen LogP contribution in [0.1, 0.15) is 122 Å². The number of nitrogens with zero attached hydrogens (tertiary/aromatic N) is 3. The van der Waals surface area contributed by atoms with Gasteiger partial charge in [0.05, 0.1) is 16.9 Å². The Kier molecular flexibility index (Phi) is 10.0. The molecule has 8 aromatic rings. The van der Waals surface area contributed by atoms with Gasteiger partial charge in [0.15, 0.2) is 0 Å². The van der Waals surface area contributed by atoms with E-state index in [4.69, 9.17) is 0 Å². The molecule has 2 aliphatic carbocycles. The molecule has 0 aromatic heterocycles. The maximum absolute atomic E-state index is 2.77. The maximum Gasteiger partial charge on any atom is 0.252 e. The molecule has 4 heteroatoms. The number of fused-ring (bicyclic) bond motifs is 8. The molecule has 73 heavy (non-hydrogen) atoms. The molecule has 0 amide bonds. The highest BCUT2D eigenvalue weighted by atomic mass is 15.3. The Bertz CT molecular complexity index is 3560. The van der Waals surface area contributed by atoms with Crippen molar-refractivity contribution in [3.8, 4) is 22.3 Å². The van der Waals surface area contributed by atoms with Crippen molar-refractivity contribution in [2.75, 3.05) is 14.7 Å².